The molecule has 54 valence electrons. The van der Waals surface area contributed by atoms with Crippen LogP contribution in [0.15, 0.2) is 35.5 Å². The lowest BCUT2D eigenvalue weighted by Crippen LogP contribution is -2.00. The zero-order valence-electron chi connectivity index (χ0n) is 6.30. The van der Waals surface area contributed by atoms with Gasteiger partial charge in [-0.2, -0.15) is 0 Å². The third-order valence-corrected chi connectivity index (χ3v) is 1.55. The Morgan fingerprint density at radius 3 is 3.10 bits per heavy atom. The molecule has 0 atom stereocenters. The van der Waals surface area contributed by atoms with Gasteiger partial charge in [0.2, 0.25) is 0 Å². The second kappa shape index (κ2) is 3.37. The average Bonchev–Trinajstić information content (AvgIpc) is 2.13. The molecule has 1 rings (SSSR count). The van der Waals surface area contributed by atoms with E-state index in [0.717, 1.165) is 6.42 Å². The Balaban J connectivity index is 2.77. The minimum absolute atomic E-state index is 0.652. The van der Waals surface area contributed by atoms with Crippen molar-refractivity contribution in [3.05, 3.63) is 35.5 Å². The van der Waals surface area contributed by atoms with E-state index in [0.29, 0.717) is 6.54 Å². The van der Waals surface area contributed by atoms with Gasteiger partial charge in [-0.05, 0) is 18.9 Å². The number of rotatable bonds is 1. The van der Waals surface area contributed by atoms with Gasteiger partial charge in [0.1, 0.15) is 0 Å². The molecule has 0 amide bonds. The Hall–Kier alpha value is -0.820. The summed E-state index contributed by atoms with van der Waals surface area (Å²) in [6, 6.07) is 0. The van der Waals surface area contributed by atoms with E-state index >= 15 is 0 Å². The maximum Gasteiger partial charge on any atom is 0.0175 e. The number of allylic oxidation sites excluding steroid dienone is 4. The standard InChI is InChI=1S/C9H13N/c1-8-4-2-3-5-9(6-8)7-10/h2,4-6H,3,7,10H2,1H3. The quantitative estimate of drug-likeness (QED) is 0.582. The first-order valence-corrected chi connectivity index (χ1v) is 3.57. The van der Waals surface area contributed by atoms with Gasteiger partial charge in [0.05, 0.1) is 0 Å². The lowest BCUT2D eigenvalue weighted by Gasteiger charge is -1.94. The average molecular weight is 135 g/mol. The molecule has 0 aromatic carbocycles. The minimum atomic E-state index is 0.652. The summed E-state index contributed by atoms with van der Waals surface area (Å²) in [5.41, 5.74) is 8.02. The largest absolute Gasteiger partial charge is 0.327 e. The molecule has 1 aliphatic carbocycles. The summed E-state index contributed by atoms with van der Waals surface area (Å²) in [7, 11) is 0. The zero-order chi connectivity index (χ0) is 7.40. The summed E-state index contributed by atoms with van der Waals surface area (Å²) in [5, 5.41) is 0. The van der Waals surface area contributed by atoms with Gasteiger partial charge < -0.3 is 5.73 Å². The van der Waals surface area contributed by atoms with Crippen LogP contribution in [-0.4, -0.2) is 6.54 Å². The molecule has 0 saturated carbocycles. The van der Waals surface area contributed by atoms with Crippen molar-refractivity contribution in [3.8, 4) is 0 Å². The van der Waals surface area contributed by atoms with E-state index in [-0.39, 0.29) is 0 Å². The van der Waals surface area contributed by atoms with E-state index in [1.807, 2.05) is 0 Å². The van der Waals surface area contributed by atoms with Gasteiger partial charge >= 0.3 is 0 Å². The Bertz CT molecular complexity index is 197. The highest BCUT2D eigenvalue weighted by molar-refractivity contribution is 5.32. The van der Waals surface area contributed by atoms with Crippen LogP contribution >= 0.6 is 0 Å². The molecule has 0 aromatic heterocycles. The lowest BCUT2D eigenvalue weighted by molar-refractivity contribution is 1.16. The second-order valence-electron chi connectivity index (χ2n) is 2.51. The van der Waals surface area contributed by atoms with E-state index in [4.69, 9.17) is 5.73 Å². The lowest BCUT2D eigenvalue weighted by atomic mass is 10.2. The Morgan fingerprint density at radius 2 is 2.40 bits per heavy atom. The molecule has 0 saturated heterocycles. The van der Waals surface area contributed by atoms with Gasteiger partial charge in [-0.15, -0.1) is 0 Å². The summed E-state index contributed by atoms with van der Waals surface area (Å²) in [6.07, 6.45) is 9.57. The summed E-state index contributed by atoms with van der Waals surface area (Å²) < 4.78 is 0. The van der Waals surface area contributed by atoms with Gasteiger partial charge in [-0.1, -0.05) is 29.9 Å². The predicted octanol–water partition coefficient (Wildman–Crippen LogP) is 1.78. The van der Waals surface area contributed by atoms with Crippen molar-refractivity contribution < 1.29 is 0 Å². The number of nitrogens with two attached hydrogens (primary N) is 1. The topological polar surface area (TPSA) is 26.0 Å². The molecule has 0 spiro atoms. The van der Waals surface area contributed by atoms with Crippen LogP contribution in [0.25, 0.3) is 0 Å². The molecular weight excluding hydrogens is 122 g/mol. The highest BCUT2D eigenvalue weighted by Crippen LogP contribution is 2.08. The van der Waals surface area contributed by atoms with Crippen LogP contribution in [0.2, 0.25) is 0 Å². The molecule has 10 heavy (non-hydrogen) atoms. The van der Waals surface area contributed by atoms with Crippen molar-refractivity contribution in [2.45, 2.75) is 13.3 Å². The van der Waals surface area contributed by atoms with E-state index in [9.17, 15) is 0 Å². The Labute approximate surface area is 61.9 Å². The van der Waals surface area contributed by atoms with Crippen molar-refractivity contribution in [2.24, 2.45) is 5.73 Å². The fourth-order valence-electron chi connectivity index (χ4n) is 1.02. The normalized spacial score (nSPS) is 17.8. The smallest absolute Gasteiger partial charge is 0.0175 e. The third-order valence-electron chi connectivity index (χ3n) is 1.55. The SMILES string of the molecule is CC1=CC(CN)=CCC=C1. The molecule has 2 N–H and O–H groups in total. The summed E-state index contributed by atoms with van der Waals surface area (Å²) in [4.78, 5) is 0. The number of hydrogen-bond donors (Lipinski definition) is 1. The number of hydrogen-bond acceptors (Lipinski definition) is 1. The molecule has 0 unspecified atom stereocenters. The third kappa shape index (κ3) is 1.85. The highest BCUT2D eigenvalue weighted by atomic mass is 14.5. The van der Waals surface area contributed by atoms with Crippen molar-refractivity contribution >= 4 is 0 Å². The summed E-state index contributed by atoms with van der Waals surface area (Å²) >= 11 is 0. The summed E-state index contributed by atoms with van der Waals surface area (Å²) in [5.74, 6) is 0. The molecule has 0 fully saturated rings. The molecular formula is C9H13N. The van der Waals surface area contributed by atoms with Crippen LogP contribution < -0.4 is 5.73 Å². The first-order chi connectivity index (χ1) is 4.83. The van der Waals surface area contributed by atoms with Crippen molar-refractivity contribution in [3.63, 3.8) is 0 Å². The fourth-order valence-corrected chi connectivity index (χ4v) is 1.02. The molecule has 0 bridgehead atoms. The van der Waals surface area contributed by atoms with Crippen LogP contribution in [0.3, 0.4) is 0 Å². The van der Waals surface area contributed by atoms with Gasteiger partial charge in [0.15, 0.2) is 0 Å². The van der Waals surface area contributed by atoms with Crippen molar-refractivity contribution in [2.75, 3.05) is 6.54 Å². The van der Waals surface area contributed by atoms with Crippen LogP contribution in [0, 0.1) is 0 Å². The van der Waals surface area contributed by atoms with Crippen LogP contribution in [0.1, 0.15) is 13.3 Å². The van der Waals surface area contributed by atoms with Gasteiger partial charge in [-0.3, -0.25) is 0 Å². The molecule has 0 aliphatic heterocycles. The first-order valence-electron chi connectivity index (χ1n) is 3.57. The van der Waals surface area contributed by atoms with Crippen LogP contribution in [0.5, 0.6) is 0 Å². The Morgan fingerprint density at radius 1 is 1.60 bits per heavy atom. The molecule has 1 aliphatic rings. The van der Waals surface area contributed by atoms with Crippen molar-refractivity contribution in [1.82, 2.24) is 0 Å². The molecule has 0 heterocycles. The zero-order valence-corrected chi connectivity index (χ0v) is 6.30. The van der Waals surface area contributed by atoms with E-state index in [1.165, 1.54) is 11.1 Å². The maximum absolute atomic E-state index is 5.49. The van der Waals surface area contributed by atoms with Gasteiger partial charge in [-0.25, -0.2) is 0 Å². The fraction of sp³-hybridized carbons (Fsp3) is 0.333. The monoisotopic (exact) mass is 135 g/mol. The van der Waals surface area contributed by atoms with Crippen molar-refractivity contribution in [1.29, 1.82) is 0 Å². The van der Waals surface area contributed by atoms with Gasteiger partial charge in [0, 0.05) is 6.54 Å². The molecule has 0 aromatic rings. The summed E-state index contributed by atoms with van der Waals surface area (Å²) in [6.45, 7) is 2.74. The molecule has 0 radical (unpaired) electrons. The van der Waals surface area contributed by atoms with E-state index in [2.05, 4.69) is 31.2 Å². The Kier molecular flexibility index (Phi) is 2.46. The van der Waals surface area contributed by atoms with Crippen LogP contribution in [-0.2, 0) is 0 Å². The van der Waals surface area contributed by atoms with E-state index < -0.39 is 0 Å². The maximum atomic E-state index is 5.49. The minimum Gasteiger partial charge on any atom is -0.327 e. The highest BCUT2D eigenvalue weighted by Gasteiger charge is 1.92. The molecule has 1 nitrogen and oxygen atoms in total. The van der Waals surface area contributed by atoms with Gasteiger partial charge in [0.25, 0.3) is 0 Å². The van der Waals surface area contributed by atoms with Crippen LogP contribution in [0.4, 0.5) is 0 Å². The second-order valence-corrected chi connectivity index (χ2v) is 2.51. The van der Waals surface area contributed by atoms with E-state index in [1.54, 1.807) is 0 Å². The molecule has 1 heteroatoms. The first kappa shape index (κ1) is 7.29. The predicted molar refractivity (Wildman–Crippen MR) is 44.7 cm³/mol.